The molecule has 0 fully saturated rings. The Kier molecular flexibility index (Phi) is 4.27. The van der Waals surface area contributed by atoms with Crippen LogP contribution in [-0.4, -0.2) is 23.0 Å². The molecule has 112 valence electrons. The van der Waals surface area contributed by atoms with Gasteiger partial charge in [-0.15, -0.1) is 0 Å². The van der Waals surface area contributed by atoms with Crippen molar-refractivity contribution in [2.45, 2.75) is 0 Å². The highest BCUT2D eigenvalue weighted by molar-refractivity contribution is 6.34. The summed E-state index contributed by atoms with van der Waals surface area (Å²) in [5, 5.41) is 14.1. The molecule has 0 saturated carbocycles. The number of hydrogen-bond acceptors (Lipinski definition) is 6. The van der Waals surface area contributed by atoms with Crippen molar-refractivity contribution >= 4 is 23.7 Å². The Morgan fingerprint density at radius 2 is 1.91 bits per heavy atom. The summed E-state index contributed by atoms with van der Waals surface area (Å²) in [7, 11) is 0. The van der Waals surface area contributed by atoms with Crippen molar-refractivity contribution in [2.75, 3.05) is 0 Å². The van der Waals surface area contributed by atoms with E-state index < -0.39 is 16.7 Å². The molecule has 0 unspecified atom stereocenters. The number of nitrogens with two attached hydrogens (primary N) is 1. The SMILES string of the molecule is NC(=O)C(=O)NN=Cc1ccc(-c2ccc([N+](=O)[O-])cc2)o1. The summed E-state index contributed by atoms with van der Waals surface area (Å²) in [6, 6.07) is 9.03. The Labute approximate surface area is 123 Å². The van der Waals surface area contributed by atoms with Crippen molar-refractivity contribution in [2.24, 2.45) is 10.8 Å². The van der Waals surface area contributed by atoms with Gasteiger partial charge in [0.1, 0.15) is 11.5 Å². The van der Waals surface area contributed by atoms with Crippen LogP contribution in [0.15, 0.2) is 45.9 Å². The third kappa shape index (κ3) is 3.54. The van der Waals surface area contributed by atoms with E-state index in [-0.39, 0.29) is 5.69 Å². The molecular weight excluding hydrogens is 292 g/mol. The van der Waals surface area contributed by atoms with E-state index >= 15 is 0 Å². The van der Waals surface area contributed by atoms with Crippen LogP contribution in [0, 0.1) is 10.1 Å². The first-order valence-electron chi connectivity index (χ1n) is 5.95. The van der Waals surface area contributed by atoms with Crippen LogP contribution in [0.3, 0.4) is 0 Å². The Morgan fingerprint density at radius 1 is 1.23 bits per heavy atom. The molecule has 1 aromatic carbocycles. The normalized spacial score (nSPS) is 10.5. The number of nitro benzene ring substituents is 1. The second-order valence-corrected chi connectivity index (χ2v) is 4.07. The molecule has 0 aliphatic rings. The third-order valence-electron chi connectivity index (χ3n) is 2.57. The minimum Gasteiger partial charge on any atom is -0.455 e. The summed E-state index contributed by atoms with van der Waals surface area (Å²) in [4.78, 5) is 31.4. The Balaban J connectivity index is 2.08. The number of hydrazone groups is 1. The van der Waals surface area contributed by atoms with Crippen LogP contribution in [-0.2, 0) is 9.59 Å². The minimum absolute atomic E-state index is 0.0220. The van der Waals surface area contributed by atoms with Crippen LogP contribution in [0.2, 0.25) is 0 Å². The molecule has 22 heavy (non-hydrogen) atoms. The second kappa shape index (κ2) is 6.31. The first-order valence-corrected chi connectivity index (χ1v) is 5.95. The highest BCUT2D eigenvalue weighted by Crippen LogP contribution is 2.23. The molecule has 0 aliphatic carbocycles. The first-order chi connectivity index (χ1) is 10.5. The number of carbonyl (C=O) groups is 2. The topological polar surface area (TPSA) is 141 Å². The molecule has 0 aliphatic heterocycles. The van der Waals surface area contributed by atoms with E-state index in [0.29, 0.717) is 17.1 Å². The fourth-order valence-electron chi connectivity index (χ4n) is 1.53. The van der Waals surface area contributed by atoms with E-state index in [9.17, 15) is 19.7 Å². The van der Waals surface area contributed by atoms with Crippen LogP contribution in [0.1, 0.15) is 5.76 Å². The molecule has 0 saturated heterocycles. The number of hydrogen-bond donors (Lipinski definition) is 2. The average Bonchev–Trinajstić information content (AvgIpc) is 2.96. The molecular formula is C13H10N4O5. The molecule has 9 nitrogen and oxygen atoms in total. The molecule has 0 radical (unpaired) electrons. The maximum atomic E-state index is 10.9. The monoisotopic (exact) mass is 302 g/mol. The number of non-ortho nitro benzene ring substituents is 1. The zero-order chi connectivity index (χ0) is 16.1. The van der Waals surface area contributed by atoms with Crippen molar-refractivity contribution in [1.29, 1.82) is 0 Å². The van der Waals surface area contributed by atoms with E-state index in [0.717, 1.165) is 0 Å². The Hall–Kier alpha value is -3.49. The summed E-state index contributed by atoms with van der Waals surface area (Å²) in [5.74, 6) is -1.41. The summed E-state index contributed by atoms with van der Waals surface area (Å²) in [6.07, 6.45) is 1.19. The van der Waals surface area contributed by atoms with Gasteiger partial charge in [0.15, 0.2) is 0 Å². The second-order valence-electron chi connectivity index (χ2n) is 4.07. The van der Waals surface area contributed by atoms with Crippen LogP contribution in [0.4, 0.5) is 5.69 Å². The lowest BCUT2D eigenvalue weighted by molar-refractivity contribution is -0.384. The fourth-order valence-corrected chi connectivity index (χ4v) is 1.53. The number of nitro groups is 1. The van der Waals surface area contributed by atoms with Crippen LogP contribution >= 0.6 is 0 Å². The summed E-state index contributed by atoms with van der Waals surface area (Å²) >= 11 is 0. The molecule has 1 heterocycles. The third-order valence-corrected chi connectivity index (χ3v) is 2.57. The predicted octanol–water partition coefficient (Wildman–Crippen LogP) is 0.790. The van der Waals surface area contributed by atoms with E-state index in [2.05, 4.69) is 5.10 Å². The number of benzene rings is 1. The maximum Gasteiger partial charge on any atom is 0.329 e. The first kappa shape index (κ1) is 14.9. The lowest BCUT2D eigenvalue weighted by Gasteiger charge is -1.96. The fraction of sp³-hybridized carbons (Fsp3) is 0. The minimum atomic E-state index is -1.15. The van der Waals surface area contributed by atoms with Gasteiger partial charge in [-0.05, 0) is 24.3 Å². The summed E-state index contributed by atoms with van der Waals surface area (Å²) in [5.41, 5.74) is 7.28. The molecule has 2 aromatic rings. The lowest BCUT2D eigenvalue weighted by atomic mass is 10.1. The Morgan fingerprint density at radius 3 is 2.50 bits per heavy atom. The zero-order valence-corrected chi connectivity index (χ0v) is 11.1. The number of nitrogens with one attached hydrogen (secondary N) is 1. The largest absolute Gasteiger partial charge is 0.455 e. The maximum absolute atomic E-state index is 10.9. The summed E-state index contributed by atoms with van der Waals surface area (Å²) in [6.45, 7) is 0. The Bertz CT molecular complexity index is 748. The van der Waals surface area contributed by atoms with Crippen molar-refractivity contribution in [3.05, 3.63) is 52.3 Å². The number of rotatable bonds is 4. The summed E-state index contributed by atoms with van der Waals surface area (Å²) < 4.78 is 5.43. The quantitative estimate of drug-likeness (QED) is 0.371. The van der Waals surface area contributed by atoms with Gasteiger partial charge in [-0.25, -0.2) is 5.43 Å². The van der Waals surface area contributed by atoms with Crippen LogP contribution in [0.25, 0.3) is 11.3 Å². The average molecular weight is 302 g/mol. The zero-order valence-electron chi connectivity index (χ0n) is 11.1. The number of primary amides is 1. The van der Waals surface area contributed by atoms with Gasteiger partial charge in [0.2, 0.25) is 0 Å². The predicted molar refractivity (Wildman–Crippen MR) is 75.7 cm³/mol. The van der Waals surface area contributed by atoms with Gasteiger partial charge in [0.05, 0.1) is 11.1 Å². The lowest BCUT2D eigenvalue weighted by Crippen LogP contribution is -2.32. The van der Waals surface area contributed by atoms with Gasteiger partial charge >= 0.3 is 11.8 Å². The number of furan rings is 1. The smallest absolute Gasteiger partial charge is 0.329 e. The van der Waals surface area contributed by atoms with Crippen molar-refractivity contribution < 1.29 is 18.9 Å². The molecule has 3 N–H and O–H groups in total. The van der Waals surface area contributed by atoms with Gasteiger partial charge in [-0.1, -0.05) is 0 Å². The van der Waals surface area contributed by atoms with Crippen molar-refractivity contribution in [3.63, 3.8) is 0 Å². The van der Waals surface area contributed by atoms with Crippen LogP contribution < -0.4 is 11.2 Å². The molecule has 0 bridgehead atoms. The van der Waals surface area contributed by atoms with Gasteiger partial charge in [0, 0.05) is 17.7 Å². The highest BCUT2D eigenvalue weighted by atomic mass is 16.6. The molecule has 0 atom stereocenters. The van der Waals surface area contributed by atoms with Gasteiger partial charge in [0.25, 0.3) is 5.69 Å². The molecule has 1 aromatic heterocycles. The van der Waals surface area contributed by atoms with Crippen molar-refractivity contribution in [3.8, 4) is 11.3 Å². The van der Waals surface area contributed by atoms with Crippen molar-refractivity contribution in [1.82, 2.24) is 5.43 Å². The number of carbonyl (C=O) groups excluding carboxylic acids is 2. The van der Waals surface area contributed by atoms with Gasteiger partial charge in [-0.3, -0.25) is 19.7 Å². The number of amides is 2. The number of nitrogens with zero attached hydrogens (tertiary/aromatic N) is 2. The van der Waals surface area contributed by atoms with E-state index in [1.807, 2.05) is 5.43 Å². The molecule has 2 amide bonds. The van der Waals surface area contributed by atoms with Gasteiger partial charge in [-0.2, -0.15) is 5.10 Å². The van der Waals surface area contributed by atoms with E-state index in [1.54, 1.807) is 24.3 Å². The molecule has 0 spiro atoms. The van der Waals surface area contributed by atoms with E-state index in [1.165, 1.54) is 18.3 Å². The standard InChI is InChI=1S/C13H10N4O5/c14-12(18)13(19)16-15-7-10-5-6-11(22-10)8-1-3-9(4-2-8)17(20)21/h1-7H,(H2,14,18)(H,16,19). The van der Waals surface area contributed by atoms with Gasteiger partial charge < -0.3 is 10.2 Å². The highest BCUT2D eigenvalue weighted by Gasteiger charge is 2.08. The van der Waals surface area contributed by atoms with E-state index in [4.69, 9.17) is 10.2 Å². The molecule has 2 rings (SSSR count). The van der Waals surface area contributed by atoms with Crippen LogP contribution in [0.5, 0.6) is 0 Å². The molecule has 9 heteroatoms.